The predicted octanol–water partition coefficient (Wildman–Crippen LogP) is 2.03. The molecule has 0 aliphatic heterocycles. The third-order valence-corrected chi connectivity index (χ3v) is 3.35. The molecule has 4 aromatic rings. The Kier molecular flexibility index (Phi) is 2.20. The highest BCUT2D eigenvalue weighted by Crippen LogP contribution is 2.18. The minimum Gasteiger partial charge on any atom is -0.313 e. The molecule has 0 amide bonds. The smallest absolute Gasteiger partial charge is 0.189 e. The SMILES string of the molecule is O=c1ccn(-c2cccn3ncnc23)c2ccccc12. The lowest BCUT2D eigenvalue weighted by Gasteiger charge is -2.11. The van der Waals surface area contributed by atoms with E-state index in [1.54, 1.807) is 16.8 Å². The van der Waals surface area contributed by atoms with Gasteiger partial charge in [-0.15, -0.1) is 0 Å². The zero-order valence-electron chi connectivity index (χ0n) is 10.5. The number of pyridine rings is 2. The molecule has 0 saturated heterocycles. The van der Waals surface area contributed by atoms with E-state index < -0.39 is 0 Å². The number of hydrogen-bond acceptors (Lipinski definition) is 3. The van der Waals surface area contributed by atoms with Crippen LogP contribution in [-0.2, 0) is 0 Å². The Morgan fingerprint density at radius 2 is 1.85 bits per heavy atom. The van der Waals surface area contributed by atoms with Crippen LogP contribution in [0.3, 0.4) is 0 Å². The molecule has 20 heavy (non-hydrogen) atoms. The molecular formula is C15H10N4O. The Morgan fingerprint density at radius 3 is 2.80 bits per heavy atom. The first-order valence-corrected chi connectivity index (χ1v) is 6.24. The number of nitrogens with zero attached hydrogens (tertiary/aromatic N) is 4. The number of hydrogen-bond donors (Lipinski definition) is 0. The maximum atomic E-state index is 11.9. The molecule has 0 atom stereocenters. The van der Waals surface area contributed by atoms with Gasteiger partial charge in [-0.1, -0.05) is 12.1 Å². The van der Waals surface area contributed by atoms with Crippen LogP contribution in [0.4, 0.5) is 0 Å². The zero-order valence-corrected chi connectivity index (χ0v) is 10.5. The molecule has 3 aromatic heterocycles. The summed E-state index contributed by atoms with van der Waals surface area (Å²) < 4.78 is 3.67. The van der Waals surface area contributed by atoms with Gasteiger partial charge in [0.05, 0.1) is 11.2 Å². The number of benzene rings is 1. The fourth-order valence-electron chi connectivity index (χ4n) is 2.44. The zero-order chi connectivity index (χ0) is 13.5. The van der Waals surface area contributed by atoms with Crippen molar-refractivity contribution >= 4 is 16.6 Å². The molecule has 0 aliphatic rings. The molecule has 0 spiro atoms. The molecule has 1 aromatic carbocycles. The van der Waals surface area contributed by atoms with Crippen LogP contribution in [0.15, 0.2) is 66.0 Å². The lowest BCUT2D eigenvalue weighted by Crippen LogP contribution is -2.07. The molecule has 3 heterocycles. The molecule has 0 N–H and O–H groups in total. The van der Waals surface area contributed by atoms with E-state index in [2.05, 4.69) is 10.1 Å². The van der Waals surface area contributed by atoms with E-state index in [1.807, 2.05) is 47.2 Å². The molecule has 4 rings (SSSR count). The number of rotatable bonds is 1. The largest absolute Gasteiger partial charge is 0.313 e. The third-order valence-electron chi connectivity index (χ3n) is 3.35. The molecule has 0 fully saturated rings. The summed E-state index contributed by atoms with van der Waals surface area (Å²) in [6.07, 6.45) is 5.13. The highest BCUT2D eigenvalue weighted by atomic mass is 16.1. The quantitative estimate of drug-likeness (QED) is 0.527. The van der Waals surface area contributed by atoms with Crippen molar-refractivity contribution in [1.82, 2.24) is 19.2 Å². The normalized spacial score (nSPS) is 11.2. The van der Waals surface area contributed by atoms with Gasteiger partial charge in [0.2, 0.25) is 0 Å². The maximum Gasteiger partial charge on any atom is 0.189 e. The molecule has 96 valence electrons. The molecule has 5 heteroatoms. The molecule has 0 unspecified atom stereocenters. The summed E-state index contributed by atoms with van der Waals surface area (Å²) in [6, 6.07) is 13.0. The Balaban J connectivity index is 2.16. The summed E-state index contributed by atoms with van der Waals surface area (Å²) >= 11 is 0. The average molecular weight is 262 g/mol. The van der Waals surface area contributed by atoms with Crippen LogP contribution in [0.25, 0.3) is 22.2 Å². The molecule has 0 aliphatic carbocycles. The minimum absolute atomic E-state index is 0.0188. The van der Waals surface area contributed by atoms with Crippen molar-refractivity contribution in [3.05, 3.63) is 71.4 Å². The van der Waals surface area contributed by atoms with Gasteiger partial charge in [0.15, 0.2) is 11.1 Å². The molecule has 0 bridgehead atoms. The fourth-order valence-corrected chi connectivity index (χ4v) is 2.44. The van der Waals surface area contributed by atoms with E-state index in [0.717, 1.165) is 16.9 Å². The van der Waals surface area contributed by atoms with Crippen LogP contribution >= 0.6 is 0 Å². The highest BCUT2D eigenvalue weighted by molar-refractivity contribution is 5.81. The van der Waals surface area contributed by atoms with Crippen molar-refractivity contribution in [2.45, 2.75) is 0 Å². The van der Waals surface area contributed by atoms with Gasteiger partial charge in [-0.3, -0.25) is 4.79 Å². The van der Waals surface area contributed by atoms with E-state index in [-0.39, 0.29) is 5.43 Å². The van der Waals surface area contributed by atoms with Gasteiger partial charge in [0.1, 0.15) is 6.33 Å². The second kappa shape index (κ2) is 4.03. The Bertz CT molecular complexity index is 984. The second-order valence-electron chi connectivity index (χ2n) is 4.49. The molecule has 0 saturated carbocycles. The van der Waals surface area contributed by atoms with E-state index in [4.69, 9.17) is 0 Å². The van der Waals surface area contributed by atoms with Crippen molar-refractivity contribution in [2.75, 3.05) is 0 Å². The summed E-state index contributed by atoms with van der Waals surface area (Å²) in [5, 5.41) is 4.82. The number of aromatic nitrogens is 4. The van der Waals surface area contributed by atoms with Gasteiger partial charge in [0.25, 0.3) is 0 Å². The molecule has 5 nitrogen and oxygen atoms in total. The van der Waals surface area contributed by atoms with Crippen molar-refractivity contribution in [3.8, 4) is 5.69 Å². The van der Waals surface area contributed by atoms with Gasteiger partial charge in [-0.2, -0.15) is 5.10 Å². The predicted molar refractivity (Wildman–Crippen MR) is 76.1 cm³/mol. The van der Waals surface area contributed by atoms with Crippen molar-refractivity contribution in [3.63, 3.8) is 0 Å². The van der Waals surface area contributed by atoms with Crippen LogP contribution in [0.2, 0.25) is 0 Å². The average Bonchev–Trinajstić information content (AvgIpc) is 2.97. The summed E-state index contributed by atoms with van der Waals surface area (Å²) in [6.45, 7) is 0. The molecular weight excluding hydrogens is 252 g/mol. The van der Waals surface area contributed by atoms with Gasteiger partial charge in [0, 0.05) is 23.8 Å². The first-order valence-electron chi connectivity index (χ1n) is 6.24. The van der Waals surface area contributed by atoms with Crippen molar-refractivity contribution in [2.24, 2.45) is 0 Å². The Morgan fingerprint density at radius 1 is 0.950 bits per heavy atom. The van der Waals surface area contributed by atoms with E-state index in [0.29, 0.717) is 5.39 Å². The lowest BCUT2D eigenvalue weighted by atomic mass is 10.2. The Hall–Kier alpha value is -2.95. The van der Waals surface area contributed by atoms with Crippen molar-refractivity contribution in [1.29, 1.82) is 0 Å². The summed E-state index contributed by atoms with van der Waals surface area (Å²) in [5.74, 6) is 0. The van der Waals surface area contributed by atoms with Crippen LogP contribution in [0, 0.1) is 0 Å². The van der Waals surface area contributed by atoms with Crippen LogP contribution in [0.5, 0.6) is 0 Å². The van der Waals surface area contributed by atoms with E-state index >= 15 is 0 Å². The maximum absolute atomic E-state index is 11.9. The Labute approximate surface area is 113 Å². The second-order valence-corrected chi connectivity index (χ2v) is 4.49. The number of para-hydroxylation sites is 1. The van der Waals surface area contributed by atoms with Crippen LogP contribution in [-0.4, -0.2) is 19.2 Å². The first kappa shape index (κ1) is 10.9. The summed E-state index contributed by atoms with van der Waals surface area (Å²) in [5.41, 5.74) is 2.52. The van der Waals surface area contributed by atoms with Gasteiger partial charge < -0.3 is 4.57 Å². The van der Waals surface area contributed by atoms with Gasteiger partial charge >= 0.3 is 0 Å². The first-order chi connectivity index (χ1) is 9.84. The molecule has 0 radical (unpaired) electrons. The number of fused-ring (bicyclic) bond motifs is 2. The lowest BCUT2D eigenvalue weighted by molar-refractivity contribution is 0.948. The third kappa shape index (κ3) is 1.46. The van der Waals surface area contributed by atoms with Crippen molar-refractivity contribution < 1.29 is 0 Å². The van der Waals surface area contributed by atoms with E-state index in [9.17, 15) is 4.79 Å². The summed E-state index contributed by atoms with van der Waals surface area (Å²) in [4.78, 5) is 16.2. The fraction of sp³-hybridized carbons (Fsp3) is 0. The standard InChI is InChI=1S/C15H10N4O/c20-14-7-9-18(12-5-2-1-4-11(12)14)13-6-3-8-19-15(13)16-10-17-19/h1-10H. The minimum atomic E-state index is 0.0188. The van der Waals surface area contributed by atoms with Crippen LogP contribution in [0.1, 0.15) is 0 Å². The van der Waals surface area contributed by atoms with Gasteiger partial charge in [-0.05, 0) is 24.3 Å². The summed E-state index contributed by atoms with van der Waals surface area (Å²) in [7, 11) is 0. The van der Waals surface area contributed by atoms with E-state index in [1.165, 1.54) is 6.33 Å². The van der Waals surface area contributed by atoms with Crippen LogP contribution < -0.4 is 5.43 Å². The monoisotopic (exact) mass is 262 g/mol. The van der Waals surface area contributed by atoms with Gasteiger partial charge in [-0.25, -0.2) is 9.50 Å². The highest BCUT2D eigenvalue weighted by Gasteiger charge is 2.08. The topological polar surface area (TPSA) is 52.2 Å².